The van der Waals surface area contributed by atoms with Crippen LogP contribution < -0.4 is 10.6 Å². The first-order chi connectivity index (χ1) is 21.1. The minimum Gasteiger partial charge on any atom is -0.461 e. The van der Waals surface area contributed by atoms with E-state index < -0.39 is 41.6 Å². The molecule has 0 saturated heterocycles. The van der Waals surface area contributed by atoms with Crippen LogP contribution in [-0.4, -0.2) is 48.2 Å². The molecule has 234 valence electrons. The van der Waals surface area contributed by atoms with E-state index in [1.54, 1.807) is 32.9 Å². The first-order valence-corrected chi connectivity index (χ1v) is 14.4. The molecule has 2 amide bonds. The Morgan fingerprint density at radius 1 is 0.659 bits per heavy atom. The Balaban J connectivity index is 1.67. The lowest BCUT2D eigenvalue weighted by atomic mass is 10.1. The summed E-state index contributed by atoms with van der Waals surface area (Å²) in [4.78, 5) is 51.7. The molecule has 44 heavy (non-hydrogen) atoms. The van der Waals surface area contributed by atoms with Crippen molar-refractivity contribution in [1.82, 2.24) is 10.6 Å². The summed E-state index contributed by atoms with van der Waals surface area (Å²) in [6.45, 7) is 5.14. The number of benzene rings is 3. The molecular formula is C34H40N2O8. The number of carbonyl (C=O) groups is 4. The predicted octanol–water partition coefficient (Wildman–Crippen LogP) is 4.85. The Morgan fingerprint density at radius 2 is 1.16 bits per heavy atom. The summed E-state index contributed by atoms with van der Waals surface area (Å²) in [6, 6.07) is 25.2. The van der Waals surface area contributed by atoms with Crippen LogP contribution in [-0.2, 0) is 53.2 Å². The van der Waals surface area contributed by atoms with E-state index in [2.05, 4.69) is 10.6 Å². The minimum atomic E-state index is -1.21. The highest BCUT2D eigenvalue weighted by Crippen LogP contribution is 2.10. The van der Waals surface area contributed by atoms with Crippen molar-refractivity contribution in [3.63, 3.8) is 0 Å². The van der Waals surface area contributed by atoms with Crippen molar-refractivity contribution in [2.24, 2.45) is 0 Å². The van der Waals surface area contributed by atoms with Crippen LogP contribution in [0.5, 0.6) is 0 Å². The number of amides is 2. The summed E-state index contributed by atoms with van der Waals surface area (Å²) in [5, 5.41) is 5.15. The average molecular weight is 605 g/mol. The van der Waals surface area contributed by atoms with Gasteiger partial charge in [-0.05, 0) is 43.9 Å². The maximum atomic E-state index is 13.4. The monoisotopic (exact) mass is 604 g/mol. The van der Waals surface area contributed by atoms with Crippen molar-refractivity contribution < 1.29 is 38.1 Å². The summed E-state index contributed by atoms with van der Waals surface area (Å²) in [5.41, 5.74) is 1.65. The van der Waals surface area contributed by atoms with Crippen molar-refractivity contribution in [3.8, 4) is 0 Å². The van der Waals surface area contributed by atoms with Crippen molar-refractivity contribution in [2.45, 2.75) is 71.1 Å². The van der Waals surface area contributed by atoms with Crippen LogP contribution in [0.15, 0.2) is 91.0 Å². The van der Waals surface area contributed by atoms with E-state index in [9.17, 15) is 19.2 Å². The maximum absolute atomic E-state index is 13.4. The fourth-order valence-electron chi connectivity index (χ4n) is 3.92. The van der Waals surface area contributed by atoms with Crippen molar-refractivity contribution in [2.75, 3.05) is 6.61 Å². The Morgan fingerprint density at radius 3 is 1.68 bits per heavy atom. The summed E-state index contributed by atoms with van der Waals surface area (Å²) >= 11 is 0. The van der Waals surface area contributed by atoms with E-state index in [0.717, 1.165) is 16.7 Å². The largest absolute Gasteiger partial charge is 0.461 e. The van der Waals surface area contributed by atoms with Gasteiger partial charge >= 0.3 is 18.0 Å². The van der Waals surface area contributed by atoms with Gasteiger partial charge in [0.25, 0.3) is 0 Å². The van der Waals surface area contributed by atoms with Gasteiger partial charge in [0.05, 0.1) is 13.2 Å². The van der Waals surface area contributed by atoms with E-state index in [1.165, 1.54) is 0 Å². The molecule has 0 spiro atoms. The van der Waals surface area contributed by atoms with Gasteiger partial charge in [-0.2, -0.15) is 0 Å². The smallest absolute Gasteiger partial charge is 0.408 e. The molecule has 0 fully saturated rings. The van der Waals surface area contributed by atoms with E-state index in [-0.39, 0.29) is 39.3 Å². The molecule has 2 N–H and O–H groups in total. The van der Waals surface area contributed by atoms with Crippen LogP contribution in [0.3, 0.4) is 0 Å². The quantitative estimate of drug-likeness (QED) is 0.186. The minimum absolute atomic E-state index is 0.0235. The van der Waals surface area contributed by atoms with Crippen LogP contribution in [0, 0.1) is 0 Å². The van der Waals surface area contributed by atoms with Gasteiger partial charge < -0.3 is 29.6 Å². The number of rotatable bonds is 15. The third-order valence-electron chi connectivity index (χ3n) is 6.11. The molecule has 0 bridgehead atoms. The molecule has 0 aliphatic carbocycles. The molecule has 0 saturated carbocycles. The highest BCUT2D eigenvalue weighted by molar-refractivity contribution is 5.90. The molecule has 0 aliphatic heterocycles. The molecule has 0 aliphatic rings. The molecular weight excluding hydrogens is 564 g/mol. The van der Waals surface area contributed by atoms with Gasteiger partial charge in [0.2, 0.25) is 5.91 Å². The third kappa shape index (κ3) is 13.1. The Hall–Kier alpha value is -4.70. The first kappa shape index (κ1) is 33.8. The topological polar surface area (TPSA) is 129 Å². The maximum Gasteiger partial charge on any atom is 0.408 e. The lowest BCUT2D eigenvalue weighted by molar-refractivity contribution is -0.151. The van der Waals surface area contributed by atoms with Gasteiger partial charge in [-0.3, -0.25) is 9.59 Å². The molecule has 0 radical (unpaired) electrons. The van der Waals surface area contributed by atoms with E-state index in [0.29, 0.717) is 0 Å². The van der Waals surface area contributed by atoms with Crippen LogP contribution in [0.25, 0.3) is 0 Å². The normalized spacial score (nSPS) is 12.3. The van der Waals surface area contributed by atoms with Crippen LogP contribution in [0.4, 0.5) is 4.79 Å². The second-order valence-corrected chi connectivity index (χ2v) is 11.0. The number of alkyl carbamates (subject to hydrolysis) is 1. The summed E-state index contributed by atoms with van der Waals surface area (Å²) in [5.74, 6) is -1.99. The number of hydrogen-bond donors (Lipinski definition) is 2. The highest BCUT2D eigenvalue weighted by atomic mass is 16.6. The fraction of sp³-hybridized carbons (Fsp3) is 0.353. The molecule has 0 heterocycles. The Bertz CT molecular complexity index is 1330. The Kier molecular flexibility index (Phi) is 13.4. The van der Waals surface area contributed by atoms with Crippen LogP contribution in [0.1, 0.15) is 50.3 Å². The van der Waals surface area contributed by atoms with Gasteiger partial charge in [0, 0.05) is 6.42 Å². The molecule has 0 aromatic heterocycles. The molecule has 3 aromatic carbocycles. The zero-order valence-electron chi connectivity index (χ0n) is 25.3. The van der Waals surface area contributed by atoms with Gasteiger partial charge in [0.15, 0.2) is 0 Å². The third-order valence-corrected chi connectivity index (χ3v) is 6.11. The second kappa shape index (κ2) is 17.4. The standard InChI is InChI=1S/C34H40N2O8/c1-34(2,3)44-33(40)36-29(24-41-21-25-13-7-4-8-14-25)31(38)35-28(32(39)43-23-27-17-11-6-12-18-27)19-20-30(37)42-22-26-15-9-5-10-16-26/h4-18,28-29H,19-24H2,1-3H3,(H,35,38)(H,36,40)/t28-,29-/m0/s1. The summed E-state index contributed by atoms with van der Waals surface area (Å²) in [7, 11) is 0. The van der Waals surface area contributed by atoms with Crippen LogP contribution >= 0.6 is 0 Å². The van der Waals surface area contributed by atoms with Crippen molar-refractivity contribution in [3.05, 3.63) is 108 Å². The van der Waals surface area contributed by atoms with Crippen LogP contribution in [0.2, 0.25) is 0 Å². The lowest BCUT2D eigenvalue weighted by Gasteiger charge is -2.25. The van der Waals surface area contributed by atoms with E-state index in [4.69, 9.17) is 18.9 Å². The second-order valence-electron chi connectivity index (χ2n) is 11.0. The van der Waals surface area contributed by atoms with Gasteiger partial charge in [-0.1, -0.05) is 91.0 Å². The van der Waals surface area contributed by atoms with E-state index in [1.807, 2.05) is 78.9 Å². The van der Waals surface area contributed by atoms with E-state index >= 15 is 0 Å². The molecule has 2 atom stereocenters. The Labute approximate surface area is 258 Å². The van der Waals surface area contributed by atoms with Crippen molar-refractivity contribution >= 4 is 23.9 Å². The van der Waals surface area contributed by atoms with Crippen molar-refractivity contribution in [1.29, 1.82) is 0 Å². The number of esters is 2. The molecule has 3 aromatic rings. The van der Waals surface area contributed by atoms with Gasteiger partial charge in [-0.15, -0.1) is 0 Å². The summed E-state index contributed by atoms with van der Waals surface area (Å²) < 4.78 is 21.9. The highest BCUT2D eigenvalue weighted by Gasteiger charge is 2.30. The predicted molar refractivity (Wildman–Crippen MR) is 163 cm³/mol. The zero-order valence-corrected chi connectivity index (χ0v) is 25.3. The summed E-state index contributed by atoms with van der Waals surface area (Å²) in [6.07, 6.45) is -1.07. The average Bonchev–Trinajstić information content (AvgIpc) is 3.01. The van der Waals surface area contributed by atoms with Gasteiger partial charge in [-0.25, -0.2) is 9.59 Å². The fourth-order valence-corrected chi connectivity index (χ4v) is 3.92. The number of nitrogens with one attached hydrogen (secondary N) is 2. The number of carbonyl (C=O) groups excluding carboxylic acids is 4. The number of ether oxygens (including phenoxy) is 4. The molecule has 3 rings (SSSR count). The van der Waals surface area contributed by atoms with Gasteiger partial charge in [0.1, 0.15) is 30.9 Å². The zero-order chi connectivity index (χ0) is 31.8. The SMILES string of the molecule is CC(C)(C)OC(=O)N[C@@H](COCc1ccccc1)C(=O)N[C@@H](CCC(=O)OCc1ccccc1)C(=O)OCc1ccccc1. The number of hydrogen-bond acceptors (Lipinski definition) is 8. The molecule has 10 nitrogen and oxygen atoms in total. The molecule has 0 unspecified atom stereocenters. The molecule has 10 heteroatoms. The lowest BCUT2D eigenvalue weighted by Crippen LogP contribution is -2.54. The first-order valence-electron chi connectivity index (χ1n) is 14.4.